The molecule has 0 aliphatic carbocycles. The van der Waals surface area contributed by atoms with Gasteiger partial charge in [-0.3, -0.25) is 4.79 Å². The number of benzene rings is 2. The summed E-state index contributed by atoms with van der Waals surface area (Å²) >= 11 is 5.88. The molecule has 0 heterocycles. The first-order chi connectivity index (χ1) is 10.5. The smallest absolute Gasteiger partial charge is 0.222 e. The van der Waals surface area contributed by atoms with Gasteiger partial charge in [-0.15, -0.1) is 0 Å². The van der Waals surface area contributed by atoms with E-state index < -0.39 is 11.9 Å². The molecule has 1 amide bonds. The van der Waals surface area contributed by atoms with Crippen LogP contribution in [0.25, 0.3) is 0 Å². The number of aliphatic hydroxyl groups excluding tert-OH is 1. The fraction of sp³-hybridized carbons (Fsp3) is 0.235. The third-order valence-corrected chi connectivity index (χ3v) is 3.47. The number of rotatable bonds is 6. The van der Waals surface area contributed by atoms with Gasteiger partial charge in [-0.25, -0.2) is 4.39 Å². The van der Waals surface area contributed by atoms with Crippen molar-refractivity contribution in [2.75, 3.05) is 6.54 Å². The standard InChI is InChI=1S/C17H17ClFNO2/c18-14-5-1-3-12(9-14)7-8-20-17(22)11-16(21)13-4-2-6-15(19)10-13/h1-6,9-10,16,21H,7-8,11H2,(H,20,22). The lowest BCUT2D eigenvalue weighted by Gasteiger charge is -2.11. The molecule has 2 aromatic carbocycles. The fourth-order valence-electron chi connectivity index (χ4n) is 2.12. The molecule has 0 aromatic heterocycles. The van der Waals surface area contributed by atoms with Crippen LogP contribution in [0, 0.1) is 5.82 Å². The zero-order chi connectivity index (χ0) is 15.9. The van der Waals surface area contributed by atoms with E-state index in [1.165, 1.54) is 18.2 Å². The van der Waals surface area contributed by atoms with Crippen LogP contribution in [0.1, 0.15) is 23.7 Å². The molecule has 2 aromatic rings. The zero-order valence-corrected chi connectivity index (χ0v) is 12.7. The lowest BCUT2D eigenvalue weighted by Crippen LogP contribution is -2.27. The van der Waals surface area contributed by atoms with E-state index >= 15 is 0 Å². The van der Waals surface area contributed by atoms with E-state index in [-0.39, 0.29) is 12.3 Å². The molecule has 0 fully saturated rings. The van der Waals surface area contributed by atoms with Crippen molar-refractivity contribution in [2.24, 2.45) is 0 Å². The zero-order valence-electron chi connectivity index (χ0n) is 11.9. The highest BCUT2D eigenvalue weighted by molar-refractivity contribution is 6.30. The predicted molar refractivity (Wildman–Crippen MR) is 84.1 cm³/mol. The molecule has 0 aliphatic rings. The van der Waals surface area contributed by atoms with Crippen molar-refractivity contribution in [1.29, 1.82) is 0 Å². The Hall–Kier alpha value is -1.91. The average Bonchev–Trinajstić information content (AvgIpc) is 2.47. The summed E-state index contributed by atoms with van der Waals surface area (Å²) in [5.41, 5.74) is 1.42. The van der Waals surface area contributed by atoms with Gasteiger partial charge in [0.2, 0.25) is 5.91 Å². The molecule has 0 saturated carbocycles. The van der Waals surface area contributed by atoms with Crippen LogP contribution in [-0.2, 0) is 11.2 Å². The van der Waals surface area contributed by atoms with Crippen molar-refractivity contribution in [3.8, 4) is 0 Å². The molecular weight excluding hydrogens is 305 g/mol. The van der Waals surface area contributed by atoms with Gasteiger partial charge in [-0.1, -0.05) is 35.9 Å². The first-order valence-electron chi connectivity index (χ1n) is 6.99. The molecule has 0 radical (unpaired) electrons. The number of halogens is 2. The number of nitrogens with one attached hydrogen (secondary N) is 1. The SMILES string of the molecule is O=C(CC(O)c1cccc(F)c1)NCCc1cccc(Cl)c1. The topological polar surface area (TPSA) is 49.3 Å². The molecule has 0 aliphatic heterocycles. The van der Waals surface area contributed by atoms with Gasteiger partial charge in [0.15, 0.2) is 0 Å². The minimum absolute atomic E-state index is 0.0982. The second-order valence-corrected chi connectivity index (χ2v) is 5.44. The van der Waals surface area contributed by atoms with Crippen molar-refractivity contribution < 1.29 is 14.3 Å². The highest BCUT2D eigenvalue weighted by Gasteiger charge is 2.13. The highest BCUT2D eigenvalue weighted by atomic mass is 35.5. The van der Waals surface area contributed by atoms with Crippen LogP contribution in [0.3, 0.4) is 0 Å². The van der Waals surface area contributed by atoms with Gasteiger partial charge < -0.3 is 10.4 Å². The van der Waals surface area contributed by atoms with Gasteiger partial charge in [0.05, 0.1) is 12.5 Å². The minimum atomic E-state index is -1.01. The van der Waals surface area contributed by atoms with E-state index in [0.717, 1.165) is 5.56 Å². The molecule has 0 saturated heterocycles. The van der Waals surface area contributed by atoms with Crippen LogP contribution in [0.4, 0.5) is 4.39 Å². The summed E-state index contributed by atoms with van der Waals surface area (Å²) in [6, 6.07) is 13.0. The number of amides is 1. The van der Waals surface area contributed by atoms with E-state index in [2.05, 4.69) is 5.32 Å². The Kier molecular flexibility index (Phi) is 5.92. The molecule has 2 rings (SSSR count). The maximum Gasteiger partial charge on any atom is 0.222 e. The largest absolute Gasteiger partial charge is 0.388 e. The summed E-state index contributed by atoms with van der Waals surface area (Å²) in [6.45, 7) is 0.453. The Morgan fingerprint density at radius 3 is 2.73 bits per heavy atom. The summed E-state index contributed by atoms with van der Waals surface area (Å²) in [6.07, 6.45) is -0.455. The molecule has 0 spiro atoms. The van der Waals surface area contributed by atoms with Gasteiger partial charge >= 0.3 is 0 Å². The summed E-state index contributed by atoms with van der Waals surface area (Å²) in [4.78, 5) is 11.8. The van der Waals surface area contributed by atoms with E-state index in [0.29, 0.717) is 23.6 Å². The Labute approximate surface area is 133 Å². The van der Waals surface area contributed by atoms with Crippen molar-refractivity contribution in [3.05, 3.63) is 70.5 Å². The van der Waals surface area contributed by atoms with Crippen LogP contribution < -0.4 is 5.32 Å². The molecule has 2 N–H and O–H groups in total. The lowest BCUT2D eigenvalue weighted by molar-refractivity contribution is -0.123. The van der Waals surface area contributed by atoms with Crippen molar-refractivity contribution >= 4 is 17.5 Å². The maximum absolute atomic E-state index is 13.1. The van der Waals surface area contributed by atoms with E-state index in [1.54, 1.807) is 12.1 Å². The molecule has 3 nitrogen and oxygen atoms in total. The van der Waals surface area contributed by atoms with Crippen LogP contribution >= 0.6 is 11.6 Å². The van der Waals surface area contributed by atoms with E-state index in [1.807, 2.05) is 18.2 Å². The number of carbonyl (C=O) groups excluding carboxylic acids is 1. The van der Waals surface area contributed by atoms with E-state index in [4.69, 9.17) is 11.6 Å². The van der Waals surface area contributed by atoms with Crippen LogP contribution in [0.5, 0.6) is 0 Å². The van der Waals surface area contributed by atoms with Crippen LogP contribution in [0.15, 0.2) is 48.5 Å². The molecule has 116 valence electrons. The first kappa shape index (κ1) is 16.5. The molecule has 1 unspecified atom stereocenters. The fourth-order valence-corrected chi connectivity index (χ4v) is 2.33. The number of aliphatic hydroxyl groups is 1. The second-order valence-electron chi connectivity index (χ2n) is 5.00. The highest BCUT2D eigenvalue weighted by Crippen LogP contribution is 2.17. The van der Waals surface area contributed by atoms with Crippen LogP contribution in [0.2, 0.25) is 5.02 Å². The number of hydrogen-bond donors (Lipinski definition) is 2. The number of carbonyl (C=O) groups is 1. The molecule has 0 bridgehead atoms. The van der Waals surface area contributed by atoms with Gasteiger partial charge in [-0.2, -0.15) is 0 Å². The molecular formula is C17H17ClFNO2. The van der Waals surface area contributed by atoms with Gasteiger partial charge in [0.25, 0.3) is 0 Å². The summed E-state index contributed by atoms with van der Waals surface area (Å²) in [5.74, 6) is -0.711. The second kappa shape index (κ2) is 7.92. The van der Waals surface area contributed by atoms with E-state index in [9.17, 15) is 14.3 Å². The van der Waals surface area contributed by atoms with Crippen molar-refractivity contribution in [3.63, 3.8) is 0 Å². The average molecular weight is 322 g/mol. The van der Waals surface area contributed by atoms with Crippen molar-refractivity contribution in [2.45, 2.75) is 18.9 Å². The Morgan fingerprint density at radius 2 is 2.00 bits per heavy atom. The first-order valence-corrected chi connectivity index (χ1v) is 7.37. The monoisotopic (exact) mass is 321 g/mol. The molecule has 5 heteroatoms. The maximum atomic E-state index is 13.1. The lowest BCUT2D eigenvalue weighted by atomic mass is 10.1. The number of hydrogen-bond acceptors (Lipinski definition) is 2. The molecule has 1 atom stereocenters. The molecule has 22 heavy (non-hydrogen) atoms. The van der Waals surface area contributed by atoms with Gasteiger partial charge in [0, 0.05) is 11.6 Å². The van der Waals surface area contributed by atoms with Crippen molar-refractivity contribution in [1.82, 2.24) is 5.32 Å². The van der Waals surface area contributed by atoms with Gasteiger partial charge in [0.1, 0.15) is 5.82 Å². The minimum Gasteiger partial charge on any atom is -0.388 e. The third kappa shape index (κ3) is 5.13. The Morgan fingerprint density at radius 1 is 1.23 bits per heavy atom. The van der Waals surface area contributed by atoms with Gasteiger partial charge in [-0.05, 0) is 41.8 Å². The Bertz CT molecular complexity index is 648. The summed E-state index contributed by atoms with van der Waals surface area (Å²) in [5, 5.41) is 13.3. The quantitative estimate of drug-likeness (QED) is 0.858. The third-order valence-electron chi connectivity index (χ3n) is 3.24. The predicted octanol–water partition coefficient (Wildman–Crippen LogP) is 3.26. The van der Waals surface area contributed by atoms with Crippen LogP contribution in [-0.4, -0.2) is 17.6 Å². The summed E-state index contributed by atoms with van der Waals surface area (Å²) < 4.78 is 13.1. The Balaban J connectivity index is 1.78. The normalized spacial score (nSPS) is 12.0. The summed E-state index contributed by atoms with van der Waals surface area (Å²) in [7, 11) is 0.